The summed E-state index contributed by atoms with van der Waals surface area (Å²) in [5.41, 5.74) is 0.714. The molecule has 1 unspecified atom stereocenters. The summed E-state index contributed by atoms with van der Waals surface area (Å²) in [4.78, 5) is 31.2. The standard InChI is InChI=1S/C25H20F3N7O3/c1-14(34-23-31-12-18(22(36)35-23)7-15-10-32-24(37-2)33-11-15)16-3-5-20(17(8-16)9-29)38-21-6-4-19(13-30-21)25(26,27)28/h3-6,8,10-14H,7H2,1-2H3,(H2,31,34,35,36). The number of ether oxygens (including phenoxy) is 2. The maximum atomic E-state index is 12.7. The van der Waals surface area contributed by atoms with Gasteiger partial charge in [-0.25, -0.2) is 19.9 Å². The highest BCUT2D eigenvalue weighted by Crippen LogP contribution is 2.31. The normalized spacial score (nSPS) is 11.9. The molecule has 0 saturated carbocycles. The number of nitrogens with one attached hydrogen (secondary N) is 2. The molecule has 4 rings (SSSR count). The quantitative estimate of drug-likeness (QED) is 0.344. The minimum atomic E-state index is -4.51. The number of benzene rings is 1. The molecular weight excluding hydrogens is 503 g/mol. The van der Waals surface area contributed by atoms with Gasteiger partial charge in [0.15, 0.2) is 0 Å². The van der Waals surface area contributed by atoms with Crippen LogP contribution in [0.3, 0.4) is 0 Å². The maximum Gasteiger partial charge on any atom is 0.417 e. The molecule has 0 aliphatic carbocycles. The van der Waals surface area contributed by atoms with Crippen molar-refractivity contribution >= 4 is 5.95 Å². The van der Waals surface area contributed by atoms with E-state index in [-0.39, 0.29) is 47.2 Å². The second-order valence-corrected chi connectivity index (χ2v) is 8.06. The van der Waals surface area contributed by atoms with Gasteiger partial charge in [0.05, 0.1) is 24.3 Å². The number of nitriles is 1. The topological polar surface area (TPSA) is 139 Å². The maximum absolute atomic E-state index is 12.7. The number of aromatic nitrogens is 5. The van der Waals surface area contributed by atoms with Gasteiger partial charge in [0, 0.05) is 42.8 Å². The van der Waals surface area contributed by atoms with Gasteiger partial charge < -0.3 is 14.8 Å². The number of rotatable bonds is 8. The lowest BCUT2D eigenvalue weighted by molar-refractivity contribution is -0.137. The lowest BCUT2D eigenvalue weighted by atomic mass is 10.0. The zero-order chi connectivity index (χ0) is 27.3. The van der Waals surface area contributed by atoms with Crippen molar-refractivity contribution in [1.29, 1.82) is 5.26 Å². The molecule has 4 aromatic rings. The zero-order valence-electron chi connectivity index (χ0n) is 20.1. The first kappa shape index (κ1) is 26.1. The Bertz CT molecular complexity index is 1520. The molecule has 0 saturated heterocycles. The number of hydrogen-bond donors (Lipinski definition) is 2. The van der Waals surface area contributed by atoms with E-state index in [0.29, 0.717) is 22.9 Å². The van der Waals surface area contributed by atoms with Crippen LogP contribution in [0.5, 0.6) is 17.6 Å². The van der Waals surface area contributed by atoms with Crippen LogP contribution in [-0.4, -0.2) is 32.0 Å². The Balaban J connectivity index is 1.44. The Labute approximate surface area is 214 Å². The largest absolute Gasteiger partial charge is 0.467 e. The second-order valence-electron chi connectivity index (χ2n) is 8.06. The van der Waals surface area contributed by atoms with E-state index in [0.717, 1.165) is 12.1 Å². The van der Waals surface area contributed by atoms with Crippen molar-refractivity contribution in [2.75, 3.05) is 12.4 Å². The Morgan fingerprint density at radius 2 is 1.84 bits per heavy atom. The van der Waals surface area contributed by atoms with Crippen molar-refractivity contribution < 1.29 is 22.6 Å². The molecule has 1 aromatic carbocycles. The molecule has 0 amide bonds. The molecule has 194 valence electrons. The smallest absolute Gasteiger partial charge is 0.417 e. The van der Waals surface area contributed by atoms with Gasteiger partial charge in [-0.05, 0) is 36.2 Å². The molecule has 2 N–H and O–H groups in total. The van der Waals surface area contributed by atoms with E-state index in [9.17, 15) is 23.2 Å². The molecule has 0 radical (unpaired) electrons. The third kappa shape index (κ3) is 6.22. The average molecular weight is 523 g/mol. The van der Waals surface area contributed by atoms with Crippen LogP contribution in [0.15, 0.2) is 59.9 Å². The van der Waals surface area contributed by atoms with Gasteiger partial charge in [-0.1, -0.05) is 6.07 Å². The SMILES string of the molecule is COc1ncc(Cc2cnc(NC(C)c3ccc(Oc4ccc(C(F)(F)F)cn4)c(C#N)c3)[nH]c2=O)cn1. The molecule has 0 aliphatic heterocycles. The monoisotopic (exact) mass is 523 g/mol. The number of nitrogens with zero attached hydrogens (tertiary/aromatic N) is 5. The number of methoxy groups -OCH3 is 1. The highest BCUT2D eigenvalue weighted by molar-refractivity contribution is 5.48. The van der Waals surface area contributed by atoms with E-state index < -0.39 is 11.7 Å². The second kappa shape index (κ2) is 11.0. The van der Waals surface area contributed by atoms with Crippen LogP contribution >= 0.6 is 0 Å². The molecule has 3 heterocycles. The first-order valence-electron chi connectivity index (χ1n) is 11.1. The molecule has 13 heteroatoms. The van der Waals surface area contributed by atoms with E-state index >= 15 is 0 Å². The first-order valence-corrected chi connectivity index (χ1v) is 11.1. The van der Waals surface area contributed by atoms with Gasteiger partial charge in [0.1, 0.15) is 11.8 Å². The predicted octanol–water partition coefficient (Wildman–Crippen LogP) is 4.41. The van der Waals surface area contributed by atoms with E-state index in [1.807, 2.05) is 6.07 Å². The van der Waals surface area contributed by atoms with Crippen molar-refractivity contribution in [2.45, 2.75) is 25.6 Å². The lowest BCUT2D eigenvalue weighted by Crippen LogP contribution is -2.18. The van der Waals surface area contributed by atoms with Gasteiger partial charge in [-0.3, -0.25) is 9.78 Å². The van der Waals surface area contributed by atoms with E-state index in [2.05, 4.69) is 30.2 Å². The van der Waals surface area contributed by atoms with Crippen LogP contribution in [0.25, 0.3) is 0 Å². The van der Waals surface area contributed by atoms with Crippen LogP contribution < -0.4 is 20.3 Å². The van der Waals surface area contributed by atoms with Crippen molar-refractivity contribution in [3.8, 4) is 23.7 Å². The van der Waals surface area contributed by atoms with Gasteiger partial charge in [-0.15, -0.1) is 0 Å². The number of pyridine rings is 1. The lowest BCUT2D eigenvalue weighted by Gasteiger charge is -2.16. The zero-order valence-corrected chi connectivity index (χ0v) is 20.1. The average Bonchev–Trinajstić information content (AvgIpc) is 2.90. The minimum absolute atomic E-state index is 0.0866. The summed E-state index contributed by atoms with van der Waals surface area (Å²) in [7, 11) is 1.46. The van der Waals surface area contributed by atoms with Gasteiger partial charge >= 0.3 is 12.2 Å². The number of anilines is 1. The summed E-state index contributed by atoms with van der Waals surface area (Å²) in [5.74, 6) is 0.274. The Morgan fingerprint density at radius 3 is 2.45 bits per heavy atom. The fourth-order valence-electron chi connectivity index (χ4n) is 3.38. The molecule has 38 heavy (non-hydrogen) atoms. The summed E-state index contributed by atoms with van der Waals surface area (Å²) in [6.07, 6.45) is 1.00. The van der Waals surface area contributed by atoms with Crippen molar-refractivity contribution in [2.24, 2.45) is 0 Å². The minimum Gasteiger partial charge on any atom is -0.467 e. The van der Waals surface area contributed by atoms with E-state index in [1.165, 1.54) is 19.4 Å². The number of alkyl halides is 3. The van der Waals surface area contributed by atoms with E-state index in [1.54, 1.807) is 31.5 Å². The predicted molar refractivity (Wildman–Crippen MR) is 129 cm³/mol. The molecule has 0 spiro atoms. The summed E-state index contributed by atoms with van der Waals surface area (Å²) in [6.45, 7) is 1.80. The third-order valence-electron chi connectivity index (χ3n) is 5.39. The molecule has 0 bridgehead atoms. The van der Waals surface area contributed by atoms with Crippen molar-refractivity contribution in [3.63, 3.8) is 0 Å². The van der Waals surface area contributed by atoms with Crippen LogP contribution in [0.1, 0.15) is 40.8 Å². The summed E-state index contributed by atoms with van der Waals surface area (Å²) >= 11 is 0. The Hall–Kier alpha value is -4.99. The fraction of sp³-hybridized carbons (Fsp3) is 0.200. The Morgan fingerprint density at radius 1 is 1.08 bits per heavy atom. The Kier molecular flexibility index (Phi) is 7.52. The molecule has 0 fully saturated rings. The van der Waals surface area contributed by atoms with Crippen LogP contribution in [-0.2, 0) is 12.6 Å². The highest BCUT2D eigenvalue weighted by atomic mass is 19.4. The van der Waals surface area contributed by atoms with Crippen LogP contribution in [0, 0.1) is 11.3 Å². The summed E-state index contributed by atoms with van der Waals surface area (Å²) < 4.78 is 48.6. The summed E-state index contributed by atoms with van der Waals surface area (Å²) in [5, 5.41) is 12.6. The molecule has 0 aliphatic rings. The van der Waals surface area contributed by atoms with E-state index in [4.69, 9.17) is 9.47 Å². The number of aromatic amines is 1. The van der Waals surface area contributed by atoms with Gasteiger partial charge in [0.2, 0.25) is 11.8 Å². The molecular formula is C25H20F3N7O3. The highest BCUT2D eigenvalue weighted by Gasteiger charge is 2.30. The fourth-order valence-corrected chi connectivity index (χ4v) is 3.38. The first-order chi connectivity index (χ1) is 18.2. The number of halogens is 3. The number of H-pyrrole nitrogens is 1. The van der Waals surface area contributed by atoms with Crippen molar-refractivity contribution in [3.05, 3.63) is 93.3 Å². The van der Waals surface area contributed by atoms with Crippen LogP contribution in [0.4, 0.5) is 19.1 Å². The number of hydrogen-bond acceptors (Lipinski definition) is 9. The van der Waals surface area contributed by atoms with Crippen molar-refractivity contribution in [1.82, 2.24) is 24.9 Å². The molecule has 3 aromatic heterocycles. The third-order valence-corrected chi connectivity index (χ3v) is 5.39. The molecule has 1 atom stereocenters. The summed E-state index contributed by atoms with van der Waals surface area (Å²) in [6, 6.07) is 8.54. The molecule has 10 nitrogen and oxygen atoms in total. The van der Waals surface area contributed by atoms with Gasteiger partial charge in [0.25, 0.3) is 5.56 Å². The van der Waals surface area contributed by atoms with Gasteiger partial charge in [-0.2, -0.15) is 18.4 Å². The van der Waals surface area contributed by atoms with Crippen LogP contribution in [0.2, 0.25) is 0 Å².